The predicted molar refractivity (Wildman–Crippen MR) is 44.3 cm³/mol. The number of halogens is 3. The van der Waals surface area contributed by atoms with E-state index >= 15 is 0 Å². The molecule has 0 amide bonds. The van der Waals surface area contributed by atoms with E-state index in [4.69, 9.17) is 5.73 Å². The molecule has 1 fully saturated rings. The molecule has 2 nitrogen and oxygen atoms in total. The fourth-order valence-electron chi connectivity index (χ4n) is 1.51. The predicted octanol–water partition coefficient (Wildman–Crippen LogP) is 1.36. The number of nitrogens with zero attached hydrogens (tertiary/aromatic N) is 1. The summed E-state index contributed by atoms with van der Waals surface area (Å²) in [7, 11) is 0. The van der Waals surface area contributed by atoms with Gasteiger partial charge in [-0.05, 0) is 6.42 Å². The summed E-state index contributed by atoms with van der Waals surface area (Å²) in [4.78, 5) is 1.75. The number of hydrogen-bond acceptors (Lipinski definition) is 2. The van der Waals surface area contributed by atoms with Crippen LogP contribution in [0.4, 0.5) is 13.2 Å². The van der Waals surface area contributed by atoms with Crippen LogP contribution in [0.2, 0.25) is 0 Å². The molecule has 1 aliphatic rings. The molecule has 0 aliphatic carbocycles. The number of rotatable bonds is 3. The van der Waals surface area contributed by atoms with Crippen LogP contribution in [0.25, 0.3) is 0 Å². The number of alkyl halides is 3. The first-order valence-electron chi connectivity index (χ1n) is 4.43. The quantitative estimate of drug-likeness (QED) is 0.738. The Morgan fingerprint density at radius 2 is 1.92 bits per heavy atom. The molecular formula is C8H15F3N2. The third-order valence-corrected chi connectivity index (χ3v) is 2.49. The molecule has 0 spiro atoms. The molecule has 2 N–H and O–H groups in total. The highest BCUT2D eigenvalue weighted by Gasteiger charge is 2.39. The summed E-state index contributed by atoms with van der Waals surface area (Å²) in [6.45, 7) is 3.24. The van der Waals surface area contributed by atoms with Crippen molar-refractivity contribution in [2.75, 3.05) is 19.6 Å². The second kappa shape index (κ2) is 3.46. The molecule has 0 radical (unpaired) electrons. The summed E-state index contributed by atoms with van der Waals surface area (Å²) in [5.41, 5.74) is 5.58. The van der Waals surface area contributed by atoms with Crippen LogP contribution >= 0.6 is 0 Å². The Morgan fingerprint density at radius 1 is 1.38 bits per heavy atom. The van der Waals surface area contributed by atoms with E-state index in [9.17, 15) is 13.2 Å². The van der Waals surface area contributed by atoms with Crippen molar-refractivity contribution in [2.45, 2.75) is 31.5 Å². The largest absolute Gasteiger partial charge is 0.390 e. The maximum absolute atomic E-state index is 11.8. The first kappa shape index (κ1) is 10.8. The Morgan fingerprint density at radius 3 is 2.31 bits per heavy atom. The van der Waals surface area contributed by atoms with E-state index in [2.05, 4.69) is 0 Å². The van der Waals surface area contributed by atoms with Gasteiger partial charge in [-0.15, -0.1) is 0 Å². The molecule has 1 heterocycles. The molecular weight excluding hydrogens is 181 g/mol. The molecule has 0 atom stereocenters. The third kappa shape index (κ3) is 3.15. The van der Waals surface area contributed by atoms with Crippen LogP contribution in [-0.2, 0) is 0 Å². The van der Waals surface area contributed by atoms with Gasteiger partial charge in [0.25, 0.3) is 0 Å². The van der Waals surface area contributed by atoms with Gasteiger partial charge in [0.2, 0.25) is 0 Å². The summed E-state index contributed by atoms with van der Waals surface area (Å²) in [6, 6.07) is 0. The van der Waals surface area contributed by atoms with Crippen LogP contribution in [0.3, 0.4) is 0 Å². The maximum Gasteiger partial charge on any atom is 0.390 e. The Balaban J connectivity index is 2.15. The topological polar surface area (TPSA) is 29.3 Å². The highest BCUT2D eigenvalue weighted by Crippen LogP contribution is 2.25. The van der Waals surface area contributed by atoms with Crippen LogP contribution in [0.15, 0.2) is 0 Å². The average molecular weight is 196 g/mol. The smallest absolute Gasteiger partial charge is 0.323 e. The zero-order chi connectivity index (χ0) is 10.1. The molecule has 1 aliphatic heterocycles. The van der Waals surface area contributed by atoms with E-state index in [-0.39, 0.29) is 12.1 Å². The average Bonchev–Trinajstić information content (AvgIpc) is 1.94. The van der Waals surface area contributed by atoms with Crippen molar-refractivity contribution >= 4 is 0 Å². The van der Waals surface area contributed by atoms with E-state index in [1.807, 2.05) is 6.92 Å². The third-order valence-electron chi connectivity index (χ3n) is 2.49. The maximum atomic E-state index is 11.8. The lowest BCUT2D eigenvalue weighted by atomic mass is 9.88. The SMILES string of the molecule is CCC1(N)CN(CCC(F)(F)F)C1. The van der Waals surface area contributed by atoms with Crippen LogP contribution < -0.4 is 5.73 Å². The lowest BCUT2D eigenvalue weighted by molar-refractivity contribution is -0.142. The summed E-state index contributed by atoms with van der Waals surface area (Å²) in [5.74, 6) is 0. The summed E-state index contributed by atoms with van der Waals surface area (Å²) in [6.07, 6.45) is -3.94. The van der Waals surface area contributed by atoms with Crippen molar-refractivity contribution in [3.8, 4) is 0 Å². The minimum atomic E-state index is -4.04. The van der Waals surface area contributed by atoms with Gasteiger partial charge in [0, 0.05) is 25.2 Å². The van der Waals surface area contributed by atoms with Crippen molar-refractivity contribution in [1.29, 1.82) is 0 Å². The van der Waals surface area contributed by atoms with Gasteiger partial charge >= 0.3 is 6.18 Å². The fraction of sp³-hybridized carbons (Fsp3) is 1.00. The van der Waals surface area contributed by atoms with E-state index in [1.165, 1.54) is 0 Å². The molecule has 1 rings (SSSR count). The highest BCUT2D eigenvalue weighted by atomic mass is 19.4. The van der Waals surface area contributed by atoms with Crippen molar-refractivity contribution in [3.05, 3.63) is 0 Å². The van der Waals surface area contributed by atoms with E-state index in [1.54, 1.807) is 4.90 Å². The number of likely N-dealkylation sites (tertiary alicyclic amines) is 1. The Bertz CT molecular complexity index is 173. The summed E-state index contributed by atoms with van der Waals surface area (Å²) < 4.78 is 35.4. The first-order valence-corrected chi connectivity index (χ1v) is 4.43. The van der Waals surface area contributed by atoms with Crippen LogP contribution in [-0.4, -0.2) is 36.2 Å². The van der Waals surface area contributed by atoms with Crippen LogP contribution in [0.5, 0.6) is 0 Å². The highest BCUT2D eigenvalue weighted by molar-refractivity contribution is 4.98. The van der Waals surface area contributed by atoms with Crippen LogP contribution in [0.1, 0.15) is 19.8 Å². The molecule has 0 aromatic rings. The van der Waals surface area contributed by atoms with E-state index < -0.39 is 12.6 Å². The standard InChI is InChI=1S/C8H15F3N2/c1-2-7(12)5-13(6-7)4-3-8(9,10)11/h2-6,12H2,1H3. The van der Waals surface area contributed by atoms with Gasteiger partial charge in [-0.2, -0.15) is 13.2 Å². The fourth-order valence-corrected chi connectivity index (χ4v) is 1.51. The van der Waals surface area contributed by atoms with Gasteiger partial charge in [0.05, 0.1) is 6.42 Å². The van der Waals surface area contributed by atoms with Crippen LogP contribution in [0, 0.1) is 0 Å². The minimum Gasteiger partial charge on any atom is -0.323 e. The van der Waals surface area contributed by atoms with Crippen molar-refractivity contribution in [3.63, 3.8) is 0 Å². The van der Waals surface area contributed by atoms with E-state index in [0.717, 1.165) is 6.42 Å². The molecule has 0 unspecified atom stereocenters. The molecule has 0 aromatic carbocycles. The van der Waals surface area contributed by atoms with Gasteiger partial charge in [0.1, 0.15) is 0 Å². The van der Waals surface area contributed by atoms with E-state index in [0.29, 0.717) is 13.1 Å². The Kier molecular flexibility index (Phi) is 2.87. The molecule has 1 saturated heterocycles. The molecule has 5 heteroatoms. The molecule has 0 bridgehead atoms. The zero-order valence-electron chi connectivity index (χ0n) is 7.69. The Labute approximate surface area is 75.9 Å². The van der Waals surface area contributed by atoms with Gasteiger partial charge < -0.3 is 5.73 Å². The molecule has 13 heavy (non-hydrogen) atoms. The second-order valence-electron chi connectivity index (χ2n) is 3.79. The van der Waals surface area contributed by atoms with Gasteiger partial charge in [0.15, 0.2) is 0 Å². The lowest BCUT2D eigenvalue weighted by Crippen LogP contribution is -2.67. The minimum absolute atomic E-state index is 0.0858. The van der Waals surface area contributed by atoms with Gasteiger partial charge in [-0.1, -0.05) is 6.92 Å². The molecule has 78 valence electrons. The van der Waals surface area contributed by atoms with Gasteiger partial charge in [-0.3, -0.25) is 4.90 Å². The first-order chi connectivity index (χ1) is 5.85. The Hall–Kier alpha value is -0.290. The van der Waals surface area contributed by atoms with Crippen molar-refractivity contribution in [1.82, 2.24) is 4.90 Å². The molecule has 0 saturated carbocycles. The summed E-state index contributed by atoms with van der Waals surface area (Å²) >= 11 is 0. The van der Waals surface area contributed by atoms with Crippen molar-refractivity contribution in [2.24, 2.45) is 5.73 Å². The number of hydrogen-bond donors (Lipinski definition) is 1. The normalized spacial score (nSPS) is 22.8. The lowest BCUT2D eigenvalue weighted by Gasteiger charge is -2.47. The second-order valence-corrected chi connectivity index (χ2v) is 3.79. The monoisotopic (exact) mass is 196 g/mol. The number of nitrogens with two attached hydrogens (primary N) is 1. The zero-order valence-corrected chi connectivity index (χ0v) is 7.69. The molecule has 0 aromatic heterocycles. The summed E-state index contributed by atoms with van der Waals surface area (Å²) in [5, 5.41) is 0. The van der Waals surface area contributed by atoms with Gasteiger partial charge in [-0.25, -0.2) is 0 Å². The van der Waals surface area contributed by atoms with Crippen molar-refractivity contribution < 1.29 is 13.2 Å².